The van der Waals surface area contributed by atoms with E-state index in [0.717, 1.165) is 16.1 Å². The molecular formula is C21H18N2O3S. The summed E-state index contributed by atoms with van der Waals surface area (Å²) in [5, 5.41) is 3.00. The van der Waals surface area contributed by atoms with Gasteiger partial charge in [-0.1, -0.05) is 42.5 Å². The van der Waals surface area contributed by atoms with E-state index in [-0.39, 0.29) is 18.4 Å². The third-order valence-corrected chi connectivity index (χ3v) is 5.42. The molecule has 0 bridgehead atoms. The van der Waals surface area contributed by atoms with Crippen LogP contribution in [0.5, 0.6) is 0 Å². The average Bonchev–Trinajstić information content (AvgIpc) is 3.23. The highest BCUT2D eigenvalue weighted by Crippen LogP contribution is 2.34. The molecule has 0 spiro atoms. The Morgan fingerprint density at radius 3 is 2.63 bits per heavy atom. The standard InChI is InChI=1S/C21H18N2O3S/c24-19(13-23-16-9-4-5-11-18(16)27-14-20(23)25)22-21(17-10-6-12-26-17)15-7-2-1-3-8-15/h1-12,21H,13-14H2,(H,22,24). The smallest absolute Gasteiger partial charge is 0.240 e. The van der Waals surface area contributed by atoms with Gasteiger partial charge in [-0.25, -0.2) is 0 Å². The highest BCUT2D eigenvalue weighted by Gasteiger charge is 2.27. The Bertz CT molecular complexity index is 941. The van der Waals surface area contributed by atoms with E-state index in [0.29, 0.717) is 11.5 Å². The maximum absolute atomic E-state index is 12.8. The molecule has 136 valence electrons. The summed E-state index contributed by atoms with van der Waals surface area (Å²) in [6.45, 7) is -0.0273. The van der Waals surface area contributed by atoms with Crippen LogP contribution in [0.3, 0.4) is 0 Å². The second kappa shape index (κ2) is 7.72. The largest absolute Gasteiger partial charge is 0.467 e. The van der Waals surface area contributed by atoms with Gasteiger partial charge in [-0.3, -0.25) is 9.59 Å². The van der Waals surface area contributed by atoms with Crippen LogP contribution in [-0.2, 0) is 9.59 Å². The maximum Gasteiger partial charge on any atom is 0.240 e. The molecule has 1 aromatic heterocycles. The van der Waals surface area contributed by atoms with Crippen molar-refractivity contribution in [2.75, 3.05) is 17.2 Å². The van der Waals surface area contributed by atoms with Gasteiger partial charge in [-0.15, -0.1) is 11.8 Å². The van der Waals surface area contributed by atoms with Gasteiger partial charge in [0.15, 0.2) is 0 Å². The Hall–Kier alpha value is -2.99. The van der Waals surface area contributed by atoms with Gasteiger partial charge in [-0.2, -0.15) is 0 Å². The molecule has 1 atom stereocenters. The summed E-state index contributed by atoms with van der Waals surface area (Å²) in [7, 11) is 0. The molecule has 0 saturated heterocycles. The summed E-state index contributed by atoms with van der Waals surface area (Å²) in [4.78, 5) is 27.7. The molecule has 4 rings (SSSR count). The van der Waals surface area contributed by atoms with E-state index in [2.05, 4.69) is 5.32 Å². The lowest BCUT2D eigenvalue weighted by molar-refractivity contribution is -0.123. The van der Waals surface area contributed by atoms with E-state index < -0.39 is 6.04 Å². The van der Waals surface area contributed by atoms with Gasteiger partial charge >= 0.3 is 0 Å². The van der Waals surface area contributed by atoms with Gasteiger partial charge in [0.2, 0.25) is 11.8 Å². The number of thioether (sulfide) groups is 1. The van der Waals surface area contributed by atoms with Crippen LogP contribution in [0.1, 0.15) is 17.4 Å². The van der Waals surface area contributed by atoms with Crippen molar-refractivity contribution in [3.63, 3.8) is 0 Å². The zero-order valence-electron chi connectivity index (χ0n) is 14.5. The van der Waals surface area contributed by atoms with Crippen LogP contribution in [-0.4, -0.2) is 24.1 Å². The minimum absolute atomic E-state index is 0.0273. The summed E-state index contributed by atoms with van der Waals surface area (Å²) in [6, 6.07) is 20.5. The SMILES string of the molecule is O=C(CN1C(=O)CSc2ccccc21)NC(c1ccccc1)c1ccco1. The van der Waals surface area contributed by atoms with Crippen LogP contribution in [0.15, 0.2) is 82.3 Å². The van der Waals surface area contributed by atoms with Crippen molar-refractivity contribution in [3.05, 3.63) is 84.3 Å². The number of amides is 2. The van der Waals surface area contributed by atoms with Gasteiger partial charge in [-0.05, 0) is 29.8 Å². The number of nitrogens with zero attached hydrogens (tertiary/aromatic N) is 1. The van der Waals surface area contributed by atoms with Crippen molar-refractivity contribution in [2.45, 2.75) is 10.9 Å². The zero-order chi connectivity index (χ0) is 18.6. The lowest BCUT2D eigenvalue weighted by Gasteiger charge is -2.29. The molecule has 1 aliphatic heterocycles. The number of rotatable bonds is 5. The van der Waals surface area contributed by atoms with Crippen molar-refractivity contribution in [3.8, 4) is 0 Å². The Labute approximate surface area is 161 Å². The first-order valence-electron chi connectivity index (χ1n) is 8.62. The molecule has 1 aliphatic rings. The number of furan rings is 1. The molecule has 5 nitrogen and oxygen atoms in total. The first kappa shape index (κ1) is 17.4. The Kier molecular flexibility index (Phi) is 4.98. The second-order valence-corrected chi connectivity index (χ2v) is 7.18. The van der Waals surface area contributed by atoms with Crippen molar-refractivity contribution < 1.29 is 14.0 Å². The lowest BCUT2D eigenvalue weighted by Crippen LogP contribution is -2.44. The number of para-hydroxylation sites is 1. The van der Waals surface area contributed by atoms with Crippen LogP contribution in [0.4, 0.5) is 5.69 Å². The highest BCUT2D eigenvalue weighted by molar-refractivity contribution is 8.00. The summed E-state index contributed by atoms with van der Waals surface area (Å²) < 4.78 is 5.52. The number of fused-ring (bicyclic) bond motifs is 1. The molecular weight excluding hydrogens is 360 g/mol. The molecule has 2 heterocycles. The molecule has 2 amide bonds. The first-order valence-corrected chi connectivity index (χ1v) is 9.61. The first-order chi connectivity index (χ1) is 13.2. The molecule has 0 fully saturated rings. The summed E-state index contributed by atoms with van der Waals surface area (Å²) in [5.41, 5.74) is 1.70. The fourth-order valence-corrected chi connectivity index (χ4v) is 4.03. The fraction of sp³-hybridized carbons (Fsp3) is 0.143. The van der Waals surface area contributed by atoms with Crippen LogP contribution >= 0.6 is 11.8 Å². The predicted octanol–water partition coefficient (Wildman–Crippen LogP) is 3.62. The Morgan fingerprint density at radius 1 is 1.07 bits per heavy atom. The minimum Gasteiger partial charge on any atom is -0.467 e. The fourth-order valence-electron chi connectivity index (χ4n) is 3.10. The van der Waals surface area contributed by atoms with E-state index >= 15 is 0 Å². The molecule has 0 aliphatic carbocycles. The second-order valence-electron chi connectivity index (χ2n) is 6.16. The van der Waals surface area contributed by atoms with E-state index in [9.17, 15) is 9.59 Å². The number of carbonyl (C=O) groups is 2. The van der Waals surface area contributed by atoms with Gasteiger partial charge in [0.25, 0.3) is 0 Å². The van der Waals surface area contributed by atoms with Crippen LogP contribution in [0, 0.1) is 0 Å². The molecule has 2 aromatic carbocycles. The number of benzene rings is 2. The minimum atomic E-state index is -0.404. The van der Waals surface area contributed by atoms with Gasteiger partial charge < -0.3 is 14.6 Å². The van der Waals surface area contributed by atoms with Crippen molar-refractivity contribution in [1.82, 2.24) is 5.32 Å². The van der Waals surface area contributed by atoms with Crippen LogP contribution < -0.4 is 10.2 Å². The molecule has 0 radical (unpaired) electrons. The van der Waals surface area contributed by atoms with Crippen molar-refractivity contribution in [2.24, 2.45) is 0 Å². The molecule has 3 aromatic rings. The van der Waals surface area contributed by atoms with E-state index in [1.165, 1.54) is 11.8 Å². The summed E-state index contributed by atoms with van der Waals surface area (Å²) in [6.07, 6.45) is 1.58. The normalized spacial score (nSPS) is 14.5. The van der Waals surface area contributed by atoms with Crippen LogP contribution in [0.25, 0.3) is 0 Å². The average molecular weight is 378 g/mol. The van der Waals surface area contributed by atoms with Crippen LogP contribution in [0.2, 0.25) is 0 Å². The number of hydrogen-bond donors (Lipinski definition) is 1. The van der Waals surface area contributed by atoms with Gasteiger partial charge in [0.1, 0.15) is 18.3 Å². The number of anilines is 1. The Morgan fingerprint density at radius 2 is 1.85 bits per heavy atom. The van der Waals surface area contributed by atoms with E-state index in [1.807, 2.05) is 60.7 Å². The highest BCUT2D eigenvalue weighted by atomic mass is 32.2. The Balaban J connectivity index is 1.55. The molecule has 0 saturated carbocycles. The third-order valence-electron chi connectivity index (χ3n) is 4.38. The predicted molar refractivity (Wildman–Crippen MR) is 105 cm³/mol. The monoisotopic (exact) mass is 378 g/mol. The van der Waals surface area contributed by atoms with Gasteiger partial charge in [0.05, 0.1) is 17.7 Å². The number of carbonyl (C=O) groups excluding carboxylic acids is 2. The van der Waals surface area contributed by atoms with E-state index in [1.54, 1.807) is 17.2 Å². The maximum atomic E-state index is 12.8. The summed E-state index contributed by atoms with van der Waals surface area (Å²) >= 11 is 1.50. The molecule has 6 heteroatoms. The summed E-state index contributed by atoms with van der Waals surface area (Å²) in [5.74, 6) is 0.679. The number of hydrogen-bond acceptors (Lipinski definition) is 4. The molecule has 27 heavy (non-hydrogen) atoms. The third kappa shape index (κ3) is 3.75. The molecule has 1 unspecified atom stereocenters. The number of nitrogens with one attached hydrogen (secondary N) is 1. The van der Waals surface area contributed by atoms with Crippen molar-refractivity contribution >= 4 is 29.3 Å². The topological polar surface area (TPSA) is 62.6 Å². The molecule has 1 N–H and O–H groups in total. The van der Waals surface area contributed by atoms with Crippen molar-refractivity contribution in [1.29, 1.82) is 0 Å². The quantitative estimate of drug-likeness (QED) is 0.737. The van der Waals surface area contributed by atoms with E-state index in [4.69, 9.17) is 4.42 Å². The van der Waals surface area contributed by atoms with Gasteiger partial charge in [0, 0.05) is 4.90 Å². The zero-order valence-corrected chi connectivity index (χ0v) is 15.3. The lowest BCUT2D eigenvalue weighted by atomic mass is 10.0.